The second-order valence-electron chi connectivity index (χ2n) is 4.42. The molecule has 9 heteroatoms. The van der Waals surface area contributed by atoms with E-state index in [9.17, 15) is 4.79 Å². The summed E-state index contributed by atoms with van der Waals surface area (Å²) >= 11 is 10.6. The number of azide groups is 1. The highest BCUT2D eigenvalue weighted by Gasteiger charge is 2.31. The minimum atomic E-state index is -0.0531. The van der Waals surface area contributed by atoms with Crippen molar-refractivity contribution in [2.24, 2.45) is 11.0 Å². The van der Waals surface area contributed by atoms with Gasteiger partial charge in [-0.05, 0) is 51.3 Å². The van der Waals surface area contributed by atoms with Crippen LogP contribution in [0.15, 0.2) is 26.6 Å². The zero-order valence-electron chi connectivity index (χ0n) is 10.7. The lowest BCUT2D eigenvalue weighted by Crippen LogP contribution is -2.25. The van der Waals surface area contributed by atoms with Crippen LogP contribution in [0, 0.1) is 16.6 Å². The third-order valence-corrected chi connectivity index (χ3v) is 4.93. The number of thiocyanates is 1. The summed E-state index contributed by atoms with van der Waals surface area (Å²) in [5.41, 5.74) is 8.94. The van der Waals surface area contributed by atoms with Crippen molar-refractivity contribution >= 4 is 50.9 Å². The van der Waals surface area contributed by atoms with E-state index in [1.165, 1.54) is 0 Å². The van der Waals surface area contributed by atoms with Gasteiger partial charge in [-0.15, -0.1) is 0 Å². The molecule has 1 atom stereocenters. The Morgan fingerprint density at radius 2 is 2.43 bits per heavy atom. The Morgan fingerprint density at radius 1 is 1.67 bits per heavy atom. The monoisotopic (exact) mass is 385 g/mol. The number of nitriles is 1. The molecule has 6 nitrogen and oxygen atoms in total. The van der Waals surface area contributed by atoms with Crippen molar-refractivity contribution in [1.82, 2.24) is 0 Å². The standard InChI is InChI=1S/C12H9BrClN5OS/c13-8-2-10(9(14)3-11(8)21-6-15)19-5-7(1-12(19)20)4-17-18-16/h2-3,7H,1,4-5H2. The summed E-state index contributed by atoms with van der Waals surface area (Å²) < 4.78 is 0.708. The number of benzene rings is 1. The number of hydrogen-bond donors (Lipinski definition) is 0. The van der Waals surface area contributed by atoms with Crippen LogP contribution in [0.1, 0.15) is 6.42 Å². The molecule has 1 aromatic carbocycles. The summed E-state index contributed by atoms with van der Waals surface area (Å²) in [6.45, 7) is 0.759. The van der Waals surface area contributed by atoms with Crippen LogP contribution in [-0.4, -0.2) is 19.0 Å². The Kier molecular flexibility index (Phi) is 5.37. The van der Waals surface area contributed by atoms with Crippen molar-refractivity contribution in [1.29, 1.82) is 5.26 Å². The molecule has 1 aliphatic rings. The molecule has 0 spiro atoms. The molecule has 1 fully saturated rings. The van der Waals surface area contributed by atoms with E-state index in [-0.39, 0.29) is 11.8 Å². The number of hydrogen-bond acceptors (Lipinski definition) is 4. The van der Waals surface area contributed by atoms with Gasteiger partial charge in [-0.3, -0.25) is 4.79 Å². The molecule has 1 heterocycles. The Balaban J connectivity index is 2.26. The first-order valence-corrected chi connectivity index (χ1v) is 7.91. The number of carbonyl (C=O) groups excluding carboxylic acids is 1. The van der Waals surface area contributed by atoms with Crippen LogP contribution in [0.3, 0.4) is 0 Å². The van der Waals surface area contributed by atoms with Gasteiger partial charge in [-0.2, -0.15) is 5.26 Å². The summed E-state index contributed by atoms with van der Waals surface area (Å²) in [5.74, 6) is -0.0565. The maximum absolute atomic E-state index is 12.1. The quantitative estimate of drug-likeness (QED) is 0.253. The van der Waals surface area contributed by atoms with E-state index >= 15 is 0 Å². The lowest BCUT2D eigenvalue weighted by molar-refractivity contribution is -0.117. The number of amides is 1. The first-order chi connectivity index (χ1) is 10.1. The number of carbonyl (C=O) groups is 1. The van der Waals surface area contributed by atoms with Crippen molar-refractivity contribution in [2.45, 2.75) is 11.3 Å². The van der Waals surface area contributed by atoms with Crippen molar-refractivity contribution in [3.8, 4) is 5.40 Å². The molecule has 0 aliphatic carbocycles. The molecule has 1 saturated heterocycles. The van der Waals surface area contributed by atoms with E-state index in [0.717, 1.165) is 11.8 Å². The molecular weight excluding hydrogens is 378 g/mol. The average molecular weight is 387 g/mol. The van der Waals surface area contributed by atoms with E-state index in [1.807, 2.05) is 5.40 Å². The lowest BCUT2D eigenvalue weighted by atomic mass is 10.1. The molecule has 2 rings (SSSR count). The van der Waals surface area contributed by atoms with Gasteiger partial charge in [0.05, 0.1) is 10.7 Å². The van der Waals surface area contributed by atoms with E-state index in [1.54, 1.807) is 17.0 Å². The molecule has 1 aromatic rings. The average Bonchev–Trinajstić information content (AvgIpc) is 2.81. The van der Waals surface area contributed by atoms with E-state index < -0.39 is 0 Å². The fourth-order valence-electron chi connectivity index (χ4n) is 2.14. The summed E-state index contributed by atoms with van der Waals surface area (Å²) in [6.07, 6.45) is 0.335. The van der Waals surface area contributed by atoms with Gasteiger partial charge in [0, 0.05) is 33.8 Å². The molecule has 0 radical (unpaired) electrons. The Morgan fingerprint density at radius 3 is 3.10 bits per heavy atom. The molecule has 1 aliphatic heterocycles. The van der Waals surface area contributed by atoms with Crippen LogP contribution in [0.4, 0.5) is 5.69 Å². The maximum atomic E-state index is 12.1. The summed E-state index contributed by atoms with van der Waals surface area (Å²) in [4.78, 5) is 17.1. The molecule has 0 saturated carbocycles. The molecular formula is C12H9BrClN5OS. The molecule has 0 bridgehead atoms. The van der Waals surface area contributed by atoms with Crippen LogP contribution in [-0.2, 0) is 4.79 Å². The summed E-state index contributed by atoms with van der Waals surface area (Å²) in [6, 6.07) is 3.39. The number of halogens is 2. The molecule has 1 unspecified atom stereocenters. The molecule has 0 aromatic heterocycles. The fraction of sp³-hybridized carbons (Fsp3) is 0.333. The van der Waals surface area contributed by atoms with Gasteiger partial charge in [-0.25, -0.2) is 0 Å². The highest BCUT2D eigenvalue weighted by molar-refractivity contribution is 9.10. The van der Waals surface area contributed by atoms with Crippen LogP contribution in [0.5, 0.6) is 0 Å². The fourth-order valence-corrected chi connectivity index (χ4v) is 3.48. The number of nitrogens with zero attached hydrogens (tertiary/aromatic N) is 5. The van der Waals surface area contributed by atoms with Gasteiger partial charge in [0.2, 0.25) is 5.91 Å². The van der Waals surface area contributed by atoms with Crippen molar-refractivity contribution in [3.63, 3.8) is 0 Å². The Hall–Kier alpha value is -1.39. The van der Waals surface area contributed by atoms with Crippen LogP contribution in [0.2, 0.25) is 5.02 Å². The third kappa shape index (κ3) is 3.63. The minimum Gasteiger partial charge on any atom is -0.311 e. The SMILES string of the molecule is N#CSc1cc(Cl)c(N2CC(CN=[N+]=[N-])CC2=O)cc1Br. The number of thioether (sulfide) groups is 1. The molecule has 108 valence electrons. The van der Waals surface area contributed by atoms with Crippen molar-refractivity contribution in [3.05, 3.63) is 32.1 Å². The van der Waals surface area contributed by atoms with Crippen LogP contribution >= 0.6 is 39.3 Å². The smallest absolute Gasteiger partial charge is 0.227 e. The Bertz CT molecular complexity index is 670. The summed E-state index contributed by atoms with van der Waals surface area (Å²) in [7, 11) is 0. The number of rotatable bonds is 4. The maximum Gasteiger partial charge on any atom is 0.227 e. The Labute approximate surface area is 138 Å². The van der Waals surface area contributed by atoms with Gasteiger partial charge in [0.1, 0.15) is 5.40 Å². The van der Waals surface area contributed by atoms with Crippen molar-refractivity contribution < 1.29 is 4.79 Å². The second-order valence-corrected chi connectivity index (χ2v) is 6.50. The largest absolute Gasteiger partial charge is 0.311 e. The van der Waals surface area contributed by atoms with E-state index in [0.29, 0.717) is 39.6 Å². The van der Waals surface area contributed by atoms with Gasteiger partial charge < -0.3 is 4.90 Å². The minimum absolute atomic E-state index is 0.00333. The molecule has 0 N–H and O–H groups in total. The summed E-state index contributed by atoms with van der Waals surface area (Å²) in [5, 5.41) is 14.6. The topological polar surface area (TPSA) is 92.9 Å². The first kappa shape index (κ1) is 16.0. The number of anilines is 1. The van der Waals surface area contributed by atoms with Crippen molar-refractivity contribution in [2.75, 3.05) is 18.0 Å². The predicted molar refractivity (Wildman–Crippen MR) is 85.1 cm³/mol. The van der Waals surface area contributed by atoms with Gasteiger partial charge in [0.25, 0.3) is 0 Å². The third-order valence-electron chi connectivity index (χ3n) is 3.06. The zero-order chi connectivity index (χ0) is 15.4. The lowest BCUT2D eigenvalue weighted by Gasteiger charge is -2.19. The highest BCUT2D eigenvalue weighted by Crippen LogP contribution is 2.38. The van der Waals surface area contributed by atoms with Gasteiger partial charge in [0.15, 0.2) is 0 Å². The van der Waals surface area contributed by atoms with Gasteiger partial charge >= 0.3 is 0 Å². The van der Waals surface area contributed by atoms with E-state index in [2.05, 4.69) is 26.0 Å². The van der Waals surface area contributed by atoms with Crippen LogP contribution < -0.4 is 4.90 Å². The first-order valence-electron chi connectivity index (χ1n) is 5.93. The van der Waals surface area contributed by atoms with Gasteiger partial charge in [-0.1, -0.05) is 16.7 Å². The molecule has 1 amide bonds. The predicted octanol–water partition coefficient (Wildman–Crippen LogP) is 4.34. The normalized spacial score (nSPS) is 17.5. The van der Waals surface area contributed by atoms with Crippen LogP contribution in [0.25, 0.3) is 10.4 Å². The van der Waals surface area contributed by atoms with E-state index in [4.69, 9.17) is 22.4 Å². The zero-order valence-corrected chi connectivity index (χ0v) is 13.8. The molecule has 21 heavy (non-hydrogen) atoms. The highest BCUT2D eigenvalue weighted by atomic mass is 79.9. The second kappa shape index (κ2) is 7.05.